The highest BCUT2D eigenvalue weighted by atomic mass is 19.1. The number of hydrogen-bond acceptors (Lipinski definition) is 4. The van der Waals surface area contributed by atoms with Crippen LogP contribution in [-0.4, -0.2) is 32.4 Å². The Labute approximate surface area is 145 Å². The van der Waals surface area contributed by atoms with Crippen LogP contribution in [0, 0.1) is 5.82 Å². The van der Waals surface area contributed by atoms with Crippen molar-refractivity contribution in [1.82, 2.24) is 9.55 Å². The normalized spacial score (nSPS) is 18.0. The van der Waals surface area contributed by atoms with Gasteiger partial charge in [0.2, 0.25) is 5.72 Å². The Morgan fingerprint density at radius 2 is 2.36 bits per heavy atom. The van der Waals surface area contributed by atoms with Crippen molar-refractivity contribution in [1.29, 1.82) is 0 Å². The first-order valence-electron chi connectivity index (χ1n) is 8.24. The molecule has 1 aliphatic rings. The SMILES string of the molecule is C=CC=NC(O)(CCC)C(=O)CC1c2c(F)cccc2-c2cncn21. The smallest absolute Gasteiger partial charge is 0.215 e. The summed E-state index contributed by atoms with van der Waals surface area (Å²) >= 11 is 0. The number of aromatic nitrogens is 2. The molecule has 2 aromatic rings. The minimum Gasteiger partial charge on any atom is -0.363 e. The number of nitrogens with zero attached hydrogens (tertiary/aromatic N) is 3. The molecule has 1 aliphatic heterocycles. The van der Waals surface area contributed by atoms with E-state index in [9.17, 15) is 14.3 Å². The molecule has 2 atom stereocenters. The van der Waals surface area contributed by atoms with Crippen LogP contribution < -0.4 is 0 Å². The Morgan fingerprint density at radius 1 is 1.56 bits per heavy atom. The molecule has 0 aliphatic carbocycles. The zero-order chi connectivity index (χ0) is 18.0. The summed E-state index contributed by atoms with van der Waals surface area (Å²) in [7, 11) is 0. The van der Waals surface area contributed by atoms with E-state index in [4.69, 9.17) is 0 Å². The van der Waals surface area contributed by atoms with Gasteiger partial charge >= 0.3 is 0 Å². The summed E-state index contributed by atoms with van der Waals surface area (Å²) in [4.78, 5) is 20.9. The first kappa shape index (κ1) is 17.2. The molecule has 0 bridgehead atoms. The van der Waals surface area contributed by atoms with Crippen LogP contribution in [0.15, 0.2) is 48.4 Å². The van der Waals surface area contributed by atoms with Crippen molar-refractivity contribution in [3.05, 3.63) is 54.8 Å². The van der Waals surface area contributed by atoms with Crippen molar-refractivity contribution < 1.29 is 14.3 Å². The van der Waals surface area contributed by atoms with Crippen LogP contribution >= 0.6 is 0 Å². The lowest BCUT2D eigenvalue weighted by molar-refractivity contribution is -0.137. The van der Waals surface area contributed by atoms with Gasteiger partial charge in [0.05, 0.1) is 24.3 Å². The van der Waals surface area contributed by atoms with E-state index in [1.165, 1.54) is 18.4 Å². The number of fused-ring (bicyclic) bond motifs is 3. The molecule has 2 unspecified atom stereocenters. The van der Waals surface area contributed by atoms with Gasteiger partial charge in [-0.1, -0.05) is 38.1 Å². The number of imidazole rings is 1. The highest BCUT2D eigenvalue weighted by Gasteiger charge is 2.39. The Hall–Kier alpha value is -2.60. The molecule has 0 radical (unpaired) electrons. The average Bonchev–Trinajstić information content (AvgIpc) is 3.17. The second kappa shape index (κ2) is 6.72. The van der Waals surface area contributed by atoms with Gasteiger partial charge in [0.15, 0.2) is 5.78 Å². The summed E-state index contributed by atoms with van der Waals surface area (Å²) in [6.45, 7) is 5.38. The van der Waals surface area contributed by atoms with Gasteiger partial charge in [-0.2, -0.15) is 0 Å². The maximum Gasteiger partial charge on any atom is 0.215 e. The summed E-state index contributed by atoms with van der Waals surface area (Å²) in [6.07, 6.45) is 6.68. The van der Waals surface area contributed by atoms with Crippen molar-refractivity contribution >= 4 is 12.0 Å². The van der Waals surface area contributed by atoms with Crippen molar-refractivity contribution in [2.75, 3.05) is 0 Å². The second-order valence-corrected chi connectivity index (χ2v) is 6.11. The predicted octanol–water partition coefficient (Wildman–Crippen LogP) is 3.30. The van der Waals surface area contributed by atoms with E-state index in [2.05, 4.69) is 16.6 Å². The predicted molar refractivity (Wildman–Crippen MR) is 93.9 cm³/mol. The standard InChI is InChI=1S/C19H20FN3O2/c1-3-8-19(25,22-9-4-2)17(24)10-15-18-13(6-5-7-14(18)20)16-11-21-12-23(15)16/h4-7,9,11-12,15,25H,2-3,8,10H2,1H3. The van der Waals surface area contributed by atoms with E-state index >= 15 is 0 Å². The summed E-state index contributed by atoms with van der Waals surface area (Å²) in [5.74, 6) is -0.819. The Morgan fingerprint density at radius 3 is 3.08 bits per heavy atom. The van der Waals surface area contributed by atoms with E-state index < -0.39 is 17.6 Å². The number of carbonyl (C=O) groups is 1. The average molecular weight is 341 g/mol. The van der Waals surface area contributed by atoms with E-state index in [-0.39, 0.29) is 18.7 Å². The fourth-order valence-corrected chi connectivity index (χ4v) is 3.34. The van der Waals surface area contributed by atoms with E-state index in [1.54, 1.807) is 23.2 Å². The van der Waals surface area contributed by atoms with E-state index in [0.29, 0.717) is 12.0 Å². The minimum atomic E-state index is -1.82. The molecule has 0 saturated heterocycles. The van der Waals surface area contributed by atoms with Gasteiger partial charge in [0.25, 0.3) is 0 Å². The molecule has 1 aromatic carbocycles. The van der Waals surface area contributed by atoms with Gasteiger partial charge in [0.1, 0.15) is 5.82 Å². The summed E-state index contributed by atoms with van der Waals surface area (Å²) < 4.78 is 16.2. The maximum atomic E-state index is 14.4. The number of benzene rings is 1. The third kappa shape index (κ3) is 2.93. The number of carbonyl (C=O) groups excluding carboxylic acids is 1. The molecule has 25 heavy (non-hydrogen) atoms. The van der Waals surface area contributed by atoms with Crippen LogP contribution in [0.1, 0.15) is 37.8 Å². The minimum absolute atomic E-state index is 0.0672. The number of aliphatic hydroxyl groups is 1. The largest absolute Gasteiger partial charge is 0.363 e. The lowest BCUT2D eigenvalue weighted by Crippen LogP contribution is -2.38. The quantitative estimate of drug-likeness (QED) is 0.786. The van der Waals surface area contributed by atoms with Crippen molar-refractivity contribution in [3.8, 4) is 11.3 Å². The maximum absolute atomic E-state index is 14.4. The molecular formula is C19H20FN3O2. The highest BCUT2D eigenvalue weighted by molar-refractivity contribution is 5.90. The van der Waals surface area contributed by atoms with Crippen molar-refractivity contribution in [2.24, 2.45) is 4.99 Å². The number of halogens is 1. The lowest BCUT2D eigenvalue weighted by Gasteiger charge is -2.24. The topological polar surface area (TPSA) is 67.5 Å². The van der Waals surface area contributed by atoms with Gasteiger partial charge in [-0.25, -0.2) is 9.37 Å². The molecule has 0 amide bonds. The molecule has 130 valence electrons. The molecule has 5 nitrogen and oxygen atoms in total. The number of Topliss-reactive ketones (excluding diaryl/α,β-unsaturated/α-hetero) is 1. The van der Waals surface area contributed by atoms with Crippen molar-refractivity contribution in [2.45, 2.75) is 38.0 Å². The van der Waals surface area contributed by atoms with Crippen LogP contribution in [0.25, 0.3) is 11.3 Å². The zero-order valence-electron chi connectivity index (χ0n) is 14.0. The fourth-order valence-electron chi connectivity index (χ4n) is 3.34. The molecule has 6 heteroatoms. The Balaban J connectivity index is 1.97. The van der Waals surface area contributed by atoms with Crippen LogP contribution in [0.3, 0.4) is 0 Å². The third-order valence-electron chi connectivity index (χ3n) is 4.48. The van der Waals surface area contributed by atoms with Gasteiger partial charge in [-0.15, -0.1) is 0 Å². The van der Waals surface area contributed by atoms with Crippen LogP contribution in [0.4, 0.5) is 4.39 Å². The van der Waals surface area contributed by atoms with Crippen LogP contribution in [0.2, 0.25) is 0 Å². The molecule has 1 aromatic heterocycles. The van der Waals surface area contributed by atoms with E-state index in [1.807, 2.05) is 13.0 Å². The van der Waals surface area contributed by atoms with Gasteiger partial charge in [-0.3, -0.25) is 9.79 Å². The van der Waals surface area contributed by atoms with Crippen LogP contribution in [-0.2, 0) is 4.79 Å². The first-order valence-corrected chi connectivity index (χ1v) is 8.24. The van der Waals surface area contributed by atoms with Crippen molar-refractivity contribution in [3.63, 3.8) is 0 Å². The van der Waals surface area contributed by atoms with Gasteiger partial charge in [-0.05, 0) is 6.07 Å². The van der Waals surface area contributed by atoms with E-state index in [0.717, 1.165) is 11.3 Å². The molecule has 3 rings (SSSR count). The fraction of sp³-hybridized carbons (Fsp3) is 0.316. The summed E-state index contributed by atoms with van der Waals surface area (Å²) in [6, 6.07) is 4.29. The third-order valence-corrected chi connectivity index (χ3v) is 4.48. The Kier molecular flexibility index (Phi) is 4.63. The Bertz CT molecular complexity index is 843. The zero-order valence-corrected chi connectivity index (χ0v) is 14.0. The number of aliphatic imine (C=N–C) groups is 1. The first-order chi connectivity index (χ1) is 12.0. The second-order valence-electron chi connectivity index (χ2n) is 6.11. The molecule has 0 fully saturated rings. The van der Waals surface area contributed by atoms with Crippen LogP contribution in [0.5, 0.6) is 0 Å². The number of ketones is 1. The monoisotopic (exact) mass is 341 g/mol. The van der Waals surface area contributed by atoms with Gasteiger partial charge < -0.3 is 9.67 Å². The molecule has 1 N–H and O–H groups in total. The number of hydrogen-bond donors (Lipinski definition) is 1. The molecule has 0 spiro atoms. The number of allylic oxidation sites excluding steroid dienone is 1. The van der Waals surface area contributed by atoms with Gasteiger partial charge in [0, 0.05) is 30.2 Å². The highest BCUT2D eigenvalue weighted by Crippen LogP contribution is 2.43. The summed E-state index contributed by atoms with van der Waals surface area (Å²) in [5.41, 5.74) is 0.127. The summed E-state index contributed by atoms with van der Waals surface area (Å²) in [5, 5.41) is 10.7. The molecular weight excluding hydrogens is 321 g/mol. The molecule has 2 heterocycles. The number of rotatable bonds is 7. The lowest BCUT2D eigenvalue weighted by atomic mass is 9.93. The molecule has 0 saturated carbocycles.